The predicted octanol–water partition coefficient (Wildman–Crippen LogP) is 4.81. The third-order valence-electron chi connectivity index (χ3n) is 4.42. The molecule has 144 valence electrons. The van der Waals surface area contributed by atoms with Crippen LogP contribution in [0.2, 0.25) is 0 Å². The van der Waals surface area contributed by atoms with Crippen LogP contribution in [-0.2, 0) is 4.79 Å². The van der Waals surface area contributed by atoms with Crippen molar-refractivity contribution in [1.82, 2.24) is 0 Å². The van der Waals surface area contributed by atoms with Gasteiger partial charge < -0.3 is 20.1 Å². The van der Waals surface area contributed by atoms with Crippen LogP contribution in [-0.4, -0.2) is 26.2 Å². The van der Waals surface area contributed by atoms with E-state index in [1.165, 1.54) is 0 Å². The minimum atomic E-state index is -0.405. The number of para-hydroxylation sites is 1. The van der Waals surface area contributed by atoms with Gasteiger partial charge in [0, 0.05) is 16.9 Å². The number of nitrogens with one attached hydrogen (secondary N) is 2. The van der Waals surface area contributed by atoms with Crippen LogP contribution in [0.1, 0.15) is 6.92 Å². The van der Waals surface area contributed by atoms with Gasteiger partial charge in [-0.2, -0.15) is 0 Å². The van der Waals surface area contributed by atoms with E-state index in [0.717, 1.165) is 34.0 Å². The van der Waals surface area contributed by atoms with E-state index in [0.29, 0.717) is 0 Å². The number of benzene rings is 3. The molecule has 3 aromatic rings. The number of hydrogen-bond acceptors (Lipinski definition) is 4. The lowest BCUT2D eigenvalue weighted by atomic mass is 10.0. The molecular weight excluding hydrogens is 352 g/mol. The van der Waals surface area contributed by atoms with Gasteiger partial charge in [-0.1, -0.05) is 30.3 Å². The average Bonchev–Trinajstić information content (AvgIpc) is 2.74. The summed E-state index contributed by atoms with van der Waals surface area (Å²) in [5, 5.41) is 6.16. The Kier molecular flexibility index (Phi) is 6.17. The van der Waals surface area contributed by atoms with Crippen LogP contribution in [0.15, 0.2) is 72.8 Å². The highest BCUT2D eigenvalue weighted by atomic mass is 16.5. The zero-order valence-corrected chi connectivity index (χ0v) is 16.2. The van der Waals surface area contributed by atoms with E-state index in [2.05, 4.69) is 10.6 Å². The minimum Gasteiger partial charge on any atom is -0.497 e. The maximum absolute atomic E-state index is 12.5. The number of hydrogen-bond donors (Lipinski definition) is 2. The highest BCUT2D eigenvalue weighted by molar-refractivity contribution is 5.96. The average molecular weight is 376 g/mol. The summed E-state index contributed by atoms with van der Waals surface area (Å²) in [4.78, 5) is 12.5. The molecular formula is C23H24N2O3. The van der Waals surface area contributed by atoms with Crippen LogP contribution in [0.25, 0.3) is 11.1 Å². The Morgan fingerprint density at radius 3 is 2.21 bits per heavy atom. The lowest BCUT2D eigenvalue weighted by molar-refractivity contribution is -0.116. The normalized spacial score (nSPS) is 11.4. The maximum Gasteiger partial charge on any atom is 0.246 e. The van der Waals surface area contributed by atoms with Gasteiger partial charge in [-0.25, -0.2) is 0 Å². The molecule has 0 saturated heterocycles. The summed E-state index contributed by atoms with van der Waals surface area (Å²) < 4.78 is 10.7. The van der Waals surface area contributed by atoms with Crippen molar-refractivity contribution in [3.05, 3.63) is 72.8 Å². The summed E-state index contributed by atoms with van der Waals surface area (Å²) in [6.07, 6.45) is 0. The molecule has 5 heteroatoms. The van der Waals surface area contributed by atoms with Crippen LogP contribution >= 0.6 is 0 Å². The molecule has 0 saturated carbocycles. The van der Waals surface area contributed by atoms with E-state index in [4.69, 9.17) is 9.47 Å². The van der Waals surface area contributed by atoms with Gasteiger partial charge in [0.25, 0.3) is 0 Å². The first-order chi connectivity index (χ1) is 13.6. The largest absolute Gasteiger partial charge is 0.497 e. The van der Waals surface area contributed by atoms with Crippen molar-refractivity contribution in [2.75, 3.05) is 24.9 Å². The predicted molar refractivity (Wildman–Crippen MR) is 113 cm³/mol. The van der Waals surface area contributed by atoms with Gasteiger partial charge in [-0.05, 0) is 55.0 Å². The molecule has 0 aliphatic carbocycles. The number of carbonyl (C=O) groups excluding carboxylic acids is 1. The third-order valence-corrected chi connectivity index (χ3v) is 4.42. The molecule has 1 amide bonds. The number of amides is 1. The lowest BCUT2D eigenvalue weighted by Crippen LogP contribution is -2.31. The Morgan fingerprint density at radius 1 is 0.857 bits per heavy atom. The molecule has 2 N–H and O–H groups in total. The van der Waals surface area contributed by atoms with Crippen molar-refractivity contribution < 1.29 is 14.3 Å². The summed E-state index contributed by atoms with van der Waals surface area (Å²) in [7, 11) is 3.29. The Bertz CT molecular complexity index is 924. The highest BCUT2D eigenvalue weighted by Crippen LogP contribution is 2.33. The van der Waals surface area contributed by atoms with Crippen molar-refractivity contribution >= 4 is 17.3 Å². The van der Waals surface area contributed by atoms with Gasteiger partial charge in [0.2, 0.25) is 5.91 Å². The van der Waals surface area contributed by atoms with Crippen molar-refractivity contribution in [2.24, 2.45) is 0 Å². The van der Waals surface area contributed by atoms with Gasteiger partial charge in [0.05, 0.1) is 14.2 Å². The smallest absolute Gasteiger partial charge is 0.246 e. The second kappa shape index (κ2) is 8.95. The van der Waals surface area contributed by atoms with E-state index in [1.807, 2.05) is 79.7 Å². The Labute approximate surface area is 165 Å². The molecule has 1 atom stereocenters. The van der Waals surface area contributed by atoms with Crippen LogP contribution < -0.4 is 20.1 Å². The summed E-state index contributed by atoms with van der Waals surface area (Å²) in [5.74, 6) is 1.45. The van der Waals surface area contributed by atoms with E-state index in [9.17, 15) is 4.79 Å². The Morgan fingerprint density at radius 2 is 1.57 bits per heavy atom. The van der Waals surface area contributed by atoms with Gasteiger partial charge in [0.15, 0.2) is 0 Å². The summed E-state index contributed by atoms with van der Waals surface area (Å²) >= 11 is 0. The van der Waals surface area contributed by atoms with Crippen LogP contribution in [0.3, 0.4) is 0 Å². The van der Waals surface area contributed by atoms with Gasteiger partial charge in [-0.3, -0.25) is 4.79 Å². The first-order valence-corrected chi connectivity index (χ1v) is 9.05. The van der Waals surface area contributed by atoms with Crippen molar-refractivity contribution in [3.63, 3.8) is 0 Å². The monoisotopic (exact) mass is 376 g/mol. The van der Waals surface area contributed by atoms with Crippen LogP contribution in [0, 0.1) is 0 Å². The van der Waals surface area contributed by atoms with Gasteiger partial charge in [-0.15, -0.1) is 0 Å². The summed E-state index contributed by atoms with van der Waals surface area (Å²) in [6.45, 7) is 1.83. The number of methoxy groups -OCH3 is 2. The first kappa shape index (κ1) is 19.3. The van der Waals surface area contributed by atoms with Crippen LogP contribution in [0.4, 0.5) is 11.4 Å². The highest BCUT2D eigenvalue weighted by Gasteiger charge is 2.14. The van der Waals surface area contributed by atoms with Crippen molar-refractivity contribution in [3.8, 4) is 22.6 Å². The maximum atomic E-state index is 12.5. The summed E-state index contributed by atoms with van der Waals surface area (Å²) in [6, 6.07) is 22.5. The molecule has 5 nitrogen and oxygen atoms in total. The number of anilines is 2. The number of rotatable bonds is 7. The number of carbonyl (C=O) groups is 1. The van der Waals surface area contributed by atoms with Gasteiger partial charge >= 0.3 is 0 Å². The zero-order valence-electron chi connectivity index (χ0n) is 16.2. The molecule has 0 aliphatic heterocycles. The van der Waals surface area contributed by atoms with E-state index in [1.54, 1.807) is 14.2 Å². The van der Waals surface area contributed by atoms with E-state index >= 15 is 0 Å². The molecule has 0 bridgehead atoms. The second-order valence-corrected chi connectivity index (χ2v) is 6.36. The number of ether oxygens (including phenoxy) is 2. The lowest BCUT2D eigenvalue weighted by Gasteiger charge is -2.17. The molecule has 3 aromatic carbocycles. The quantitative estimate of drug-likeness (QED) is 0.621. The fraction of sp³-hybridized carbons (Fsp3) is 0.174. The SMILES string of the molecule is COc1ccc(-c2cc(N[C@@H](C)C(=O)Nc3ccccc3)ccc2OC)cc1. The van der Waals surface area contributed by atoms with Crippen molar-refractivity contribution in [2.45, 2.75) is 13.0 Å². The molecule has 0 unspecified atom stereocenters. The molecule has 0 heterocycles. The van der Waals surface area contributed by atoms with Crippen molar-refractivity contribution in [1.29, 1.82) is 0 Å². The second-order valence-electron chi connectivity index (χ2n) is 6.36. The van der Waals surface area contributed by atoms with E-state index < -0.39 is 6.04 Å². The first-order valence-electron chi connectivity index (χ1n) is 9.05. The molecule has 0 fully saturated rings. The van der Waals surface area contributed by atoms with E-state index in [-0.39, 0.29) is 5.91 Å². The molecule has 0 radical (unpaired) electrons. The molecule has 3 rings (SSSR count). The minimum absolute atomic E-state index is 0.104. The molecule has 0 aromatic heterocycles. The Hall–Kier alpha value is -3.47. The zero-order chi connectivity index (χ0) is 19.9. The van der Waals surface area contributed by atoms with Crippen LogP contribution in [0.5, 0.6) is 11.5 Å². The molecule has 0 spiro atoms. The fourth-order valence-corrected chi connectivity index (χ4v) is 2.88. The molecule has 0 aliphatic rings. The fourth-order valence-electron chi connectivity index (χ4n) is 2.88. The molecule has 28 heavy (non-hydrogen) atoms. The summed E-state index contributed by atoms with van der Waals surface area (Å²) in [5.41, 5.74) is 3.55. The Balaban J connectivity index is 1.77. The topological polar surface area (TPSA) is 59.6 Å². The standard InChI is InChI=1S/C23H24N2O3/c1-16(23(26)25-18-7-5-4-6-8-18)24-19-11-14-22(28-3)21(15-19)17-9-12-20(27-2)13-10-17/h4-16,24H,1-3H3,(H,25,26)/t16-/m0/s1. The third kappa shape index (κ3) is 4.62. The van der Waals surface area contributed by atoms with Gasteiger partial charge in [0.1, 0.15) is 17.5 Å².